The average molecular weight is 232 g/mol. The first-order valence-corrected chi connectivity index (χ1v) is 6.23. The summed E-state index contributed by atoms with van der Waals surface area (Å²) in [7, 11) is 0. The van der Waals surface area contributed by atoms with E-state index in [0.717, 1.165) is 6.04 Å². The highest BCUT2D eigenvalue weighted by Gasteiger charge is 2.15. The highest BCUT2D eigenvalue weighted by molar-refractivity contribution is 5.85. The summed E-state index contributed by atoms with van der Waals surface area (Å²) >= 11 is 0. The number of allylic oxidation sites excluding steroid dienone is 1. The van der Waals surface area contributed by atoms with Crippen LogP contribution in [0.1, 0.15) is 52.4 Å². The maximum absolute atomic E-state index is 2.60. The average Bonchev–Trinajstić information content (AvgIpc) is 2.20. The highest BCUT2D eigenvalue weighted by Crippen LogP contribution is 2.15. The molecule has 1 heterocycles. The standard InChI is InChI=1S/C13H25N.ClH/c1-3-4-5-6-8-11-14-12-9-7-10-13(14)2;/h6,8,13H,3-5,7,9-12H2,1-2H3;1H/t13-;/m0./s1. The van der Waals surface area contributed by atoms with E-state index in [1.165, 1.54) is 51.6 Å². The molecule has 0 amide bonds. The number of halogens is 1. The molecular formula is C13H26ClN. The largest absolute Gasteiger partial charge is 0.297 e. The molecule has 1 nitrogen and oxygen atoms in total. The number of hydrogen-bond donors (Lipinski definition) is 0. The van der Waals surface area contributed by atoms with Gasteiger partial charge in [-0.25, -0.2) is 0 Å². The predicted octanol–water partition coefficient (Wildman–Crippen LogP) is 4.03. The Balaban J connectivity index is 0.00000196. The first-order valence-electron chi connectivity index (χ1n) is 6.23. The molecule has 15 heavy (non-hydrogen) atoms. The number of likely N-dealkylation sites (tertiary alicyclic amines) is 1. The van der Waals surface area contributed by atoms with Crippen molar-refractivity contribution in [3.63, 3.8) is 0 Å². The van der Waals surface area contributed by atoms with Gasteiger partial charge in [0, 0.05) is 12.6 Å². The minimum Gasteiger partial charge on any atom is -0.297 e. The summed E-state index contributed by atoms with van der Waals surface area (Å²) in [5, 5.41) is 0. The second kappa shape index (κ2) is 9.23. The van der Waals surface area contributed by atoms with E-state index in [4.69, 9.17) is 0 Å². The molecule has 0 aliphatic carbocycles. The van der Waals surface area contributed by atoms with E-state index in [0.29, 0.717) is 0 Å². The molecular weight excluding hydrogens is 206 g/mol. The SMILES string of the molecule is CCCCC=CCN1CCCC[C@@H]1C.Cl. The first-order chi connectivity index (χ1) is 6.84. The molecule has 1 rings (SSSR count). The Kier molecular flexibility index (Phi) is 9.23. The van der Waals surface area contributed by atoms with Crippen LogP contribution in [0.4, 0.5) is 0 Å². The van der Waals surface area contributed by atoms with E-state index >= 15 is 0 Å². The third-order valence-corrected chi connectivity index (χ3v) is 3.17. The smallest absolute Gasteiger partial charge is 0.0166 e. The topological polar surface area (TPSA) is 3.24 Å². The van der Waals surface area contributed by atoms with E-state index in [2.05, 4.69) is 30.9 Å². The zero-order valence-corrected chi connectivity index (χ0v) is 11.1. The van der Waals surface area contributed by atoms with Gasteiger partial charge in [-0.3, -0.25) is 4.90 Å². The number of unbranched alkanes of at least 4 members (excludes halogenated alkanes) is 2. The fourth-order valence-corrected chi connectivity index (χ4v) is 2.08. The normalized spacial score (nSPS) is 22.9. The molecule has 2 heteroatoms. The molecule has 90 valence electrons. The Morgan fingerprint density at radius 3 is 2.73 bits per heavy atom. The number of rotatable bonds is 5. The van der Waals surface area contributed by atoms with Crippen LogP contribution in [-0.2, 0) is 0 Å². The van der Waals surface area contributed by atoms with Crippen LogP contribution in [0, 0.1) is 0 Å². The molecule has 0 radical (unpaired) electrons. The minimum absolute atomic E-state index is 0. The Morgan fingerprint density at radius 1 is 1.27 bits per heavy atom. The Morgan fingerprint density at radius 2 is 2.07 bits per heavy atom. The van der Waals surface area contributed by atoms with Crippen molar-refractivity contribution >= 4 is 12.4 Å². The lowest BCUT2D eigenvalue weighted by molar-refractivity contribution is 0.179. The second-order valence-corrected chi connectivity index (χ2v) is 4.45. The number of piperidine rings is 1. The summed E-state index contributed by atoms with van der Waals surface area (Å²) in [6.45, 7) is 7.09. The minimum atomic E-state index is 0. The van der Waals surface area contributed by atoms with Gasteiger partial charge in [0.2, 0.25) is 0 Å². The maximum Gasteiger partial charge on any atom is 0.0166 e. The third kappa shape index (κ3) is 6.21. The van der Waals surface area contributed by atoms with E-state index in [1.54, 1.807) is 0 Å². The summed E-state index contributed by atoms with van der Waals surface area (Å²) in [5.74, 6) is 0. The van der Waals surface area contributed by atoms with Crippen LogP contribution in [0.3, 0.4) is 0 Å². The fraction of sp³-hybridized carbons (Fsp3) is 0.846. The van der Waals surface area contributed by atoms with Gasteiger partial charge in [-0.1, -0.05) is 38.3 Å². The van der Waals surface area contributed by atoms with Crippen LogP contribution < -0.4 is 0 Å². The van der Waals surface area contributed by atoms with Crippen LogP contribution in [0.15, 0.2) is 12.2 Å². The van der Waals surface area contributed by atoms with Gasteiger partial charge in [0.05, 0.1) is 0 Å². The molecule has 0 saturated carbocycles. The molecule has 1 fully saturated rings. The lowest BCUT2D eigenvalue weighted by atomic mass is 10.0. The van der Waals surface area contributed by atoms with Crippen molar-refractivity contribution in [1.82, 2.24) is 4.90 Å². The quantitative estimate of drug-likeness (QED) is 0.510. The van der Waals surface area contributed by atoms with Gasteiger partial charge >= 0.3 is 0 Å². The zero-order chi connectivity index (χ0) is 10.2. The molecule has 0 bridgehead atoms. The second-order valence-electron chi connectivity index (χ2n) is 4.45. The molecule has 0 aromatic heterocycles. The fourth-order valence-electron chi connectivity index (χ4n) is 2.08. The van der Waals surface area contributed by atoms with Crippen molar-refractivity contribution in [1.29, 1.82) is 0 Å². The van der Waals surface area contributed by atoms with E-state index in [9.17, 15) is 0 Å². The Labute approximate surface area is 101 Å². The molecule has 1 saturated heterocycles. The molecule has 0 spiro atoms. The summed E-state index contributed by atoms with van der Waals surface area (Å²) in [6, 6.07) is 0.805. The summed E-state index contributed by atoms with van der Waals surface area (Å²) in [4.78, 5) is 2.60. The van der Waals surface area contributed by atoms with Crippen LogP contribution in [-0.4, -0.2) is 24.0 Å². The molecule has 0 N–H and O–H groups in total. The van der Waals surface area contributed by atoms with Gasteiger partial charge in [-0.15, -0.1) is 12.4 Å². The van der Waals surface area contributed by atoms with E-state index in [-0.39, 0.29) is 12.4 Å². The van der Waals surface area contributed by atoms with Gasteiger partial charge in [0.1, 0.15) is 0 Å². The van der Waals surface area contributed by atoms with Gasteiger partial charge in [-0.2, -0.15) is 0 Å². The number of nitrogens with zero attached hydrogens (tertiary/aromatic N) is 1. The Hall–Kier alpha value is -0.0100. The summed E-state index contributed by atoms with van der Waals surface area (Å²) in [6.07, 6.45) is 12.8. The summed E-state index contributed by atoms with van der Waals surface area (Å²) < 4.78 is 0. The first kappa shape index (κ1) is 15.0. The van der Waals surface area contributed by atoms with Crippen molar-refractivity contribution < 1.29 is 0 Å². The predicted molar refractivity (Wildman–Crippen MR) is 70.8 cm³/mol. The van der Waals surface area contributed by atoms with Crippen molar-refractivity contribution in [2.45, 2.75) is 58.4 Å². The van der Waals surface area contributed by atoms with Gasteiger partial charge in [0.15, 0.2) is 0 Å². The lowest BCUT2D eigenvalue weighted by Crippen LogP contribution is -2.37. The zero-order valence-electron chi connectivity index (χ0n) is 10.2. The summed E-state index contributed by atoms with van der Waals surface area (Å²) in [5.41, 5.74) is 0. The molecule has 1 atom stereocenters. The third-order valence-electron chi connectivity index (χ3n) is 3.17. The van der Waals surface area contributed by atoms with Gasteiger partial charge in [-0.05, 0) is 32.7 Å². The molecule has 0 unspecified atom stereocenters. The molecule has 1 aliphatic rings. The van der Waals surface area contributed by atoms with Gasteiger partial charge < -0.3 is 0 Å². The monoisotopic (exact) mass is 231 g/mol. The molecule has 0 aromatic rings. The van der Waals surface area contributed by atoms with Crippen LogP contribution in [0.25, 0.3) is 0 Å². The highest BCUT2D eigenvalue weighted by atomic mass is 35.5. The molecule has 0 aromatic carbocycles. The maximum atomic E-state index is 2.60. The lowest BCUT2D eigenvalue weighted by Gasteiger charge is -2.32. The van der Waals surface area contributed by atoms with Crippen molar-refractivity contribution in [3.8, 4) is 0 Å². The van der Waals surface area contributed by atoms with Crippen molar-refractivity contribution in [3.05, 3.63) is 12.2 Å². The Bertz CT molecular complexity index is 168. The van der Waals surface area contributed by atoms with Crippen molar-refractivity contribution in [2.75, 3.05) is 13.1 Å². The van der Waals surface area contributed by atoms with Gasteiger partial charge in [0.25, 0.3) is 0 Å². The van der Waals surface area contributed by atoms with Crippen LogP contribution in [0.5, 0.6) is 0 Å². The number of hydrogen-bond acceptors (Lipinski definition) is 1. The van der Waals surface area contributed by atoms with E-state index < -0.39 is 0 Å². The van der Waals surface area contributed by atoms with Crippen molar-refractivity contribution in [2.24, 2.45) is 0 Å². The van der Waals surface area contributed by atoms with Crippen LogP contribution >= 0.6 is 12.4 Å². The van der Waals surface area contributed by atoms with Crippen LogP contribution in [0.2, 0.25) is 0 Å². The van der Waals surface area contributed by atoms with E-state index in [1.807, 2.05) is 0 Å². The molecule has 1 aliphatic heterocycles.